The van der Waals surface area contributed by atoms with Gasteiger partial charge in [0.25, 0.3) is 0 Å². The summed E-state index contributed by atoms with van der Waals surface area (Å²) in [6.45, 7) is 4.28. The second kappa shape index (κ2) is 6.63. The second-order valence-electron chi connectivity index (χ2n) is 6.55. The molecular formula is C19H24N6. The normalized spacial score (nSPS) is 14.8. The van der Waals surface area contributed by atoms with E-state index in [1.165, 1.54) is 24.8 Å². The monoisotopic (exact) mass is 336 g/mol. The molecular weight excluding hydrogens is 312 g/mol. The third-order valence-electron chi connectivity index (χ3n) is 4.78. The van der Waals surface area contributed by atoms with Crippen molar-refractivity contribution in [3.05, 3.63) is 42.1 Å². The Labute approximate surface area is 147 Å². The standard InChI is InChI=1S/C19H24N6/c1-2-14-13-21-25-18(22-16-8-6-15(20)7-9-16)12-17(23-19(14)25)24-10-4-3-5-11-24/h6-9,12-13,22H,2-5,10-11,20H2,1H3. The lowest BCUT2D eigenvalue weighted by atomic mass is 10.1. The number of fused-ring (bicyclic) bond motifs is 1. The number of hydrogen-bond acceptors (Lipinski definition) is 5. The van der Waals surface area contributed by atoms with Crippen LogP contribution in [0.1, 0.15) is 31.7 Å². The number of nitrogens with one attached hydrogen (secondary N) is 1. The molecule has 2 aromatic heterocycles. The number of piperidine rings is 1. The molecule has 1 aliphatic rings. The Morgan fingerprint density at radius 3 is 2.60 bits per heavy atom. The third kappa shape index (κ3) is 3.12. The van der Waals surface area contributed by atoms with Crippen molar-refractivity contribution in [3.63, 3.8) is 0 Å². The Balaban J connectivity index is 1.77. The number of nitrogen functional groups attached to an aromatic ring is 1. The van der Waals surface area contributed by atoms with Gasteiger partial charge in [0.1, 0.15) is 11.6 Å². The predicted molar refractivity (Wildman–Crippen MR) is 103 cm³/mol. The molecule has 1 aliphatic heterocycles. The molecule has 130 valence electrons. The van der Waals surface area contributed by atoms with Crippen LogP contribution in [-0.2, 0) is 6.42 Å². The first kappa shape index (κ1) is 15.7. The van der Waals surface area contributed by atoms with Crippen molar-refractivity contribution in [1.82, 2.24) is 14.6 Å². The van der Waals surface area contributed by atoms with E-state index in [2.05, 4.69) is 28.3 Å². The van der Waals surface area contributed by atoms with Crippen LogP contribution in [-0.4, -0.2) is 27.7 Å². The number of nitrogens with zero attached hydrogens (tertiary/aromatic N) is 4. The molecule has 0 amide bonds. The lowest BCUT2D eigenvalue weighted by molar-refractivity contribution is 0.573. The van der Waals surface area contributed by atoms with Gasteiger partial charge >= 0.3 is 0 Å². The summed E-state index contributed by atoms with van der Waals surface area (Å²) < 4.78 is 1.89. The van der Waals surface area contributed by atoms with Crippen LogP contribution in [0.2, 0.25) is 0 Å². The summed E-state index contributed by atoms with van der Waals surface area (Å²) in [5, 5.41) is 8.01. The van der Waals surface area contributed by atoms with Crippen molar-refractivity contribution in [1.29, 1.82) is 0 Å². The lowest BCUT2D eigenvalue weighted by Crippen LogP contribution is -2.30. The molecule has 0 atom stereocenters. The Morgan fingerprint density at radius 2 is 1.88 bits per heavy atom. The number of nitrogens with two attached hydrogens (primary N) is 1. The van der Waals surface area contributed by atoms with E-state index in [1.807, 2.05) is 35.0 Å². The summed E-state index contributed by atoms with van der Waals surface area (Å²) in [4.78, 5) is 7.29. The van der Waals surface area contributed by atoms with Crippen molar-refractivity contribution in [2.24, 2.45) is 0 Å². The van der Waals surface area contributed by atoms with Crippen LogP contribution in [0.25, 0.3) is 5.65 Å². The Morgan fingerprint density at radius 1 is 1.12 bits per heavy atom. The van der Waals surface area contributed by atoms with Crippen LogP contribution in [0.4, 0.5) is 23.0 Å². The van der Waals surface area contributed by atoms with Crippen molar-refractivity contribution in [2.75, 3.05) is 29.0 Å². The lowest BCUT2D eigenvalue weighted by Gasteiger charge is -2.28. The van der Waals surface area contributed by atoms with Crippen molar-refractivity contribution < 1.29 is 0 Å². The molecule has 3 N–H and O–H groups in total. The van der Waals surface area contributed by atoms with E-state index < -0.39 is 0 Å². The van der Waals surface area contributed by atoms with E-state index in [4.69, 9.17) is 10.7 Å². The minimum Gasteiger partial charge on any atom is -0.399 e. The summed E-state index contributed by atoms with van der Waals surface area (Å²) in [6, 6.07) is 9.85. The molecule has 1 fully saturated rings. The van der Waals surface area contributed by atoms with Gasteiger partial charge in [0.15, 0.2) is 5.65 Å². The number of aryl methyl sites for hydroxylation is 1. The van der Waals surface area contributed by atoms with Gasteiger partial charge in [0, 0.05) is 36.1 Å². The summed E-state index contributed by atoms with van der Waals surface area (Å²) in [6.07, 6.45) is 6.60. The molecule has 6 heteroatoms. The van der Waals surface area contributed by atoms with Crippen LogP contribution < -0.4 is 16.0 Å². The largest absolute Gasteiger partial charge is 0.399 e. The summed E-state index contributed by atoms with van der Waals surface area (Å²) >= 11 is 0. The van der Waals surface area contributed by atoms with Crippen LogP contribution in [0.5, 0.6) is 0 Å². The zero-order chi connectivity index (χ0) is 17.2. The second-order valence-corrected chi connectivity index (χ2v) is 6.55. The van der Waals surface area contributed by atoms with E-state index in [-0.39, 0.29) is 0 Å². The van der Waals surface area contributed by atoms with Gasteiger partial charge in [-0.2, -0.15) is 9.61 Å². The van der Waals surface area contributed by atoms with Crippen molar-refractivity contribution in [2.45, 2.75) is 32.6 Å². The molecule has 1 aromatic carbocycles. The molecule has 6 nitrogen and oxygen atoms in total. The minimum atomic E-state index is 0.756. The molecule has 0 unspecified atom stereocenters. The van der Waals surface area contributed by atoms with Gasteiger partial charge in [-0.25, -0.2) is 4.98 Å². The highest BCUT2D eigenvalue weighted by molar-refractivity contribution is 5.66. The SMILES string of the molecule is CCc1cnn2c(Nc3ccc(N)cc3)cc(N3CCCCC3)nc12. The van der Waals surface area contributed by atoms with Crippen LogP contribution in [0.3, 0.4) is 0 Å². The topological polar surface area (TPSA) is 71.5 Å². The molecule has 3 aromatic rings. The van der Waals surface area contributed by atoms with Gasteiger partial charge in [0.05, 0.1) is 6.20 Å². The summed E-state index contributed by atoms with van der Waals surface area (Å²) in [7, 11) is 0. The maximum absolute atomic E-state index is 5.79. The molecule has 1 saturated heterocycles. The third-order valence-corrected chi connectivity index (χ3v) is 4.78. The zero-order valence-electron chi connectivity index (χ0n) is 14.6. The van der Waals surface area contributed by atoms with Crippen LogP contribution >= 0.6 is 0 Å². The average Bonchev–Trinajstić information content (AvgIpc) is 3.07. The van der Waals surface area contributed by atoms with Gasteiger partial charge in [-0.3, -0.25) is 0 Å². The molecule has 25 heavy (non-hydrogen) atoms. The first-order valence-electron chi connectivity index (χ1n) is 9.00. The molecule has 0 radical (unpaired) electrons. The first-order valence-corrected chi connectivity index (χ1v) is 9.00. The molecule has 4 rings (SSSR count). The van der Waals surface area contributed by atoms with Crippen molar-refractivity contribution in [3.8, 4) is 0 Å². The van der Waals surface area contributed by atoms with Gasteiger partial charge in [-0.15, -0.1) is 0 Å². The number of rotatable bonds is 4. The maximum Gasteiger partial charge on any atom is 0.162 e. The van der Waals surface area contributed by atoms with Gasteiger partial charge in [-0.05, 0) is 49.9 Å². The highest BCUT2D eigenvalue weighted by atomic mass is 15.3. The number of benzene rings is 1. The summed E-state index contributed by atoms with van der Waals surface area (Å²) in [5.74, 6) is 1.95. The summed E-state index contributed by atoms with van der Waals surface area (Å²) in [5.41, 5.74) is 9.63. The van der Waals surface area contributed by atoms with E-state index in [0.717, 1.165) is 48.2 Å². The number of anilines is 4. The fraction of sp³-hybridized carbons (Fsp3) is 0.368. The Hall–Kier alpha value is -2.76. The predicted octanol–water partition coefficient (Wildman–Crippen LogP) is 3.61. The van der Waals surface area contributed by atoms with Gasteiger partial charge in [0.2, 0.25) is 0 Å². The molecule has 3 heterocycles. The van der Waals surface area contributed by atoms with Crippen molar-refractivity contribution >= 4 is 28.7 Å². The molecule has 0 spiro atoms. The number of aromatic nitrogens is 3. The molecule has 0 bridgehead atoms. The smallest absolute Gasteiger partial charge is 0.162 e. The quantitative estimate of drug-likeness (QED) is 0.712. The van der Waals surface area contributed by atoms with E-state index >= 15 is 0 Å². The average molecular weight is 336 g/mol. The van der Waals surface area contributed by atoms with E-state index in [0.29, 0.717) is 0 Å². The number of hydrogen-bond donors (Lipinski definition) is 2. The highest BCUT2D eigenvalue weighted by Gasteiger charge is 2.17. The highest BCUT2D eigenvalue weighted by Crippen LogP contribution is 2.26. The fourth-order valence-corrected chi connectivity index (χ4v) is 3.33. The Kier molecular flexibility index (Phi) is 4.17. The van der Waals surface area contributed by atoms with Crippen LogP contribution in [0, 0.1) is 0 Å². The zero-order valence-corrected chi connectivity index (χ0v) is 14.6. The Bertz CT molecular complexity index is 862. The van der Waals surface area contributed by atoms with E-state index in [9.17, 15) is 0 Å². The van der Waals surface area contributed by atoms with E-state index in [1.54, 1.807) is 0 Å². The maximum atomic E-state index is 5.79. The fourth-order valence-electron chi connectivity index (χ4n) is 3.33. The van der Waals surface area contributed by atoms with Crippen LogP contribution in [0.15, 0.2) is 36.5 Å². The van der Waals surface area contributed by atoms with Gasteiger partial charge < -0.3 is 16.0 Å². The first-order chi connectivity index (χ1) is 12.2. The molecule has 0 aliphatic carbocycles. The minimum absolute atomic E-state index is 0.756. The molecule has 0 saturated carbocycles. The van der Waals surface area contributed by atoms with Gasteiger partial charge in [-0.1, -0.05) is 6.92 Å².